The third kappa shape index (κ3) is 3.54. The molecule has 1 fully saturated rings. The maximum Gasteiger partial charge on any atom is 0.228 e. The minimum atomic E-state index is -3.94. The topological polar surface area (TPSA) is 142 Å². The maximum atomic E-state index is 13.7. The molecule has 0 aliphatic heterocycles. The van der Waals surface area contributed by atoms with E-state index in [4.69, 9.17) is 5.26 Å². The number of H-pyrrole nitrogens is 1. The molecule has 6 rings (SSSR count). The summed E-state index contributed by atoms with van der Waals surface area (Å²) in [6, 6.07) is 11.0. The standard InChI is InChI=1S/C24H22N8O2S2/c1-13-5-3-4-6-19(13)36(33,34)23-22-31-30-21(32(22)18-7-8-26-20(18)29-23)17-10-15(9-14(17)2)28-24-27-12-16(11-25)35-24/h3-8,12,14-15,17,26H,9-10H2,1-2H3,(H,27,28)/t14-,15+,17+/m1/s1. The summed E-state index contributed by atoms with van der Waals surface area (Å²) in [5.74, 6) is 1.03. The Balaban J connectivity index is 1.44. The van der Waals surface area contributed by atoms with E-state index in [1.165, 1.54) is 11.3 Å². The Morgan fingerprint density at radius 2 is 2.06 bits per heavy atom. The number of sulfone groups is 1. The second-order valence-corrected chi connectivity index (χ2v) is 12.0. The van der Waals surface area contributed by atoms with Gasteiger partial charge in [0.1, 0.15) is 16.8 Å². The van der Waals surface area contributed by atoms with Crippen molar-refractivity contribution in [2.45, 2.75) is 48.6 Å². The van der Waals surface area contributed by atoms with Gasteiger partial charge in [-0.1, -0.05) is 36.5 Å². The summed E-state index contributed by atoms with van der Waals surface area (Å²) >= 11 is 1.33. The van der Waals surface area contributed by atoms with Crippen molar-refractivity contribution in [3.63, 3.8) is 0 Å². The third-order valence-electron chi connectivity index (χ3n) is 6.83. The van der Waals surface area contributed by atoms with Gasteiger partial charge in [-0.05, 0) is 43.4 Å². The fourth-order valence-corrected chi connectivity index (χ4v) is 7.35. The van der Waals surface area contributed by atoms with Crippen LogP contribution in [0, 0.1) is 24.2 Å². The number of nitrogens with zero attached hydrogens (tertiary/aromatic N) is 6. The second kappa shape index (κ2) is 8.39. The average Bonchev–Trinajstić information content (AvgIpc) is 3.64. The Morgan fingerprint density at radius 1 is 1.22 bits per heavy atom. The van der Waals surface area contributed by atoms with Crippen molar-refractivity contribution in [1.82, 2.24) is 29.5 Å². The highest BCUT2D eigenvalue weighted by molar-refractivity contribution is 7.91. The molecular formula is C24H22N8O2S2. The molecule has 0 spiro atoms. The second-order valence-electron chi connectivity index (χ2n) is 9.15. The Labute approximate surface area is 211 Å². The van der Waals surface area contributed by atoms with Gasteiger partial charge < -0.3 is 10.3 Å². The number of aryl methyl sites for hydroxylation is 1. The lowest BCUT2D eigenvalue weighted by atomic mass is 9.97. The van der Waals surface area contributed by atoms with Gasteiger partial charge in [0, 0.05) is 18.2 Å². The molecule has 0 radical (unpaired) electrons. The zero-order chi connectivity index (χ0) is 25.0. The van der Waals surface area contributed by atoms with Gasteiger partial charge in [0.2, 0.25) is 14.9 Å². The summed E-state index contributed by atoms with van der Waals surface area (Å²) in [4.78, 5) is 12.6. The molecule has 182 valence electrons. The number of rotatable bonds is 5. The first-order valence-electron chi connectivity index (χ1n) is 11.5. The van der Waals surface area contributed by atoms with Gasteiger partial charge >= 0.3 is 0 Å². The van der Waals surface area contributed by atoms with Crippen LogP contribution in [0.2, 0.25) is 0 Å². The lowest BCUT2D eigenvalue weighted by Crippen LogP contribution is -2.15. The first-order chi connectivity index (χ1) is 17.4. The molecule has 5 aromatic rings. The summed E-state index contributed by atoms with van der Waals surface area (Å²) in [5.41, 5.74) is 2.06. The van der Waals surface area contributed by atoms with Gasteiger partial charge in [0.25, 0.3) is 0 Å². The molecular weight excluding hydrogens is 496 g/mol. The van der Waals surface area contributed by atoms with E-state index in [0.29, 0.717) is 21.9 Å². The number of nitrogens with one attached hydrogen (secondary N) is 2. The van der Waals surface area contributed by atoms with Crippen molar-refractivity contribution in [3.8, 4) is 6.07 Å². The van der Waals surface area contributed by atoms with Crippen LogP contribution in [-0.4, -0.2) is 44.0 Å². The maximum absolute atomic E-state index is 13.7. The number of benzene rings is 1. The summed E-state index contributed by atoms with van der Waals surface area (Å²) in [6.45, 7) is 3.93. The highest BCUT2D eigenvalue weighted by Crippen LogP contribution is 2.41. The molecule has 2 N–H and O–H groups in total. The fraction of sp³-hybridized carbons (Fsp3) is 0.292. The molecule has 1 aliphatic rings. The predicted octanol–water partition coefficient (Wildman–Crippen LogP) is 4.07. The molecule has 3 atom stereocenters. The molecule has 0 amide bonds. The van der Waals surface area contributed by atoms with Crippen LogP contribution in [0.15, 0.2) is 52.6 Å². The van der Waals surface area contributed by atoms with Crippen LogP contribution in [0.4, 0.5) is 5.13 Å². The molecule has 0 bridgehead atoms. The number of aromatic amines is 1. The number of hydrogen-bond acceptors (Lipinski definition) is 9. The van der Waals surface area contributed by atoms with E-state index in [1.54, 1.807) is 43.6 Å². The smallest absolute Gasteiger partial charge is 0.228 e. The molecule has 36 heavy (non-hydrogen) atoms. The van der Waals surface area contributed by atoms with Crippen molar-refractivity contribution >= 4 is 43.1 Å². The van der Waals surface area contributed by atoms with Crippen LogP contribution in [0.1, 0.15) is 41.9 Å². The van der Waals surface area contributed by atoms with Crippen molar-refractivity contribution in [2.75, 3.05) is 5.32 Å². The zero-order valence-corrected chi connectivity index (χ0v) is 21.1. The molecule has 1 aliphatic carbocycles. The lowest BCUT2D eigenvalue weighted by Gasteiger charge is -2.14. The number of fused-ring (bicyclic) bond motifs is 3. The molecule has 1 saturated carbocycles. The van der Waals surface area contributed by atoms with Crippen molar-refractivity contribution in [3.05, 3.63) is 59.0 Å². The van der Waals surface area contributed by atoms with Crippen molar-refractivity contribution in [2.24, 2.45) is 5.92 Å². The van der Waals surface area contributed by atoms with Gasteiger partial charge in [-0.3, -0.25) is 4.40 Å². The van der Waals surface area contributed by atoms with Crippen LogP contribution >= 0.6 is 11.3 Å². The van der Waals surface area contributed by atoms with Crippen molar-refractivity contribution < 1.29 is 8.42 Å². The first kappa shape index (κ1) is 22.6. The van der Waals surface area contributed by atoms with Crippen LogP contribution in [-0.2, 0) is 9.84 Å². The van der Waals surface area contributed by atoms with E-state index in [9.17, 15) is 8.42 Å². The Morgan fingerprint density at radius 3 is 2.83 bits per heavy atom. The minimum Gasteiger partial charge on any atom is -0.359 e. The molecule has 4 aromatic heterocycles. The van der Waals surface area contributed by atoms with Crippen LogP contribution < -0.4 is 5.32 Å². The minimum absolute atomic E-state index is 0.0439. The van der Waals surface area contributed by atoms with E-state index >= 15 is 0 Å². The van der Waals surface area contributed by atoms with E-state index in [-0.39, 0.29) is 33.4 Å². The predicted molar refractivity (Wildman–Crippen MR) is 135 cm³/mol. The van der Waals surface area contributed by atoms with Crippen molar-refractivity contribution in [1.29, 1.82) is 5.26 Å². The highest BCUT2D eigenvalue weighted by Gasteiger charge is 2.37. The molecule has 1 aromatic carbocycles. The SMILES string of the molecule is Cc1ccccc1S(=O)(=O)c1nc2[nH]ccc2n2c([C@H]3C[C@@H](Nc4ncc(C#N)s4)C[C@H]3C)nnc12. The molecule has 0 saturated heterocycles. The van der Waals surface area contributed by atoms with E-state index in [2.05, 4.69) is 43.5 Å². The molecule has 12 heteroatoms. The number of anilines is 1. The van der Waals surface area contributed by atoms with E-state index in [1.807, 2.05) is 10.5 Å². The summed E-state index contributed by atoms with van der Waals surface area (Å²) in [6.07, 6.45) is 4.97. The number of nitriles is 1. The molecule has 4 heterocycles. The van der Waals surface area contributed by atoms with Gasteiger partial charge in [-0.25, -0.2) is 18.4 Å². The van der Waals surface area contributed by atoms with Gasteiger partial charge in [-0.15, -0.1) is 10.2 Å². The average molecular weight is 519 g/mol. The summed E-state index contributed by atoms with van der Waals surface area (Å²) < 4.78 is 29.3. The van der Waals surface area contributed by atoms with Crippen LogP contribution in [0.25, 0.3) is 16.8 Å². The third-order valence-corrected chi connectivity index (χ3v) is 9.49. The van der Waals surface area contributed by atoms with Gasteiger partial charge in [0.05, 0.1) is 16.6 Å². The zero-order valence-electron chi connectivity index (χ0n) is 19.5. The summed E-state index contributed by atoms with van der Waals surface area (Å²) in [5, 5.41) is 22.0. The normalized spacial score (nSPS) is 20.2. The Hall–Kier alpha value is -3.82. The van der Waals surface area contributed by atoms with Gasteiger partial charge in [0.15, 0.2) is 16.4 Å². The highest BCUT2D eigenvalue weighted by atomic mass is 32.2. The molecule has 10 nitrogen and oxygen atoms in total. The number of aromatic nitrogens is 6. The largest absolute Gasteiger partial charge is 0.359 e. The van der Waals surface area contributed by atoms with Crippen LogP contribution in [0.3, 0.4) is 0 Å². The number of thiazole rings is 1. The Kier molecular flexibility index (Phi) is 5.27. The summed E-state index contributed by atoms with van der Waals surface area (Å²) in [7, 11) is -3.94. The van der Waals surface area contributed by atoms with E-state index in [0.717, 1.165) is 23.5 Å². The lowest BCUT2D eigenvalue weighted by molar-refractivity contribution is 0.507. The number of hydrogen-bond donors (Lipinski definition) is 2. The van der Waals surface area contributed by atoms with Crippen LogP contribution in [0.5, 0.6) is 0 Å². The van der Waals surface area contributed by atoms with E-state index < -0.39 is 9.84 Å². The van der Waals surface area contributed by atoms with Gasteiger partial charge in [-0.2, -0.15) is 5.26 Å². The Bertz CT molecular complexity index is 1760. The first-order valence-corrected chi connectivity index (χ1v) is 13.8. The fourth-order valence-electron chi connectivity index (χ4n) is 5.12. The molecule has 0 unspecified atom stereocenters. The monoisotopic (exact) mass is 518 g/mol. The quantitative estimate of drug-likeness (QED) is 0.355.